The predicted octanol–water partition coefficient (Wildman–Crippen LogP) is 2.69. The average molecular weight is 230 g/mol. The van der Waals surface area contributed by atoms with Gasteiger partial charge in [-0.05, 0) is 19.1 Å². The molecular weight excluding hydrogens is 214 g/mol. The lowest BCUT2D eigenvalue weighted by Crippen LogP contribution is -1.94. The fourth-order valence-corrected chi connectivity index (χ4v) is 4.88. The largest absolute Gasteiger partial charge is 0.178 e. The minimum atomic E-state index is -0.0704. The first-order valence-corrected chi connectivity index (χ1v) is 8.75. The molecule has 0 bridgehead atoms. The van der Waals surface area contributed by atoms with Crippen LogP contribution in [-0.2, 0) is 11.8 Å². The third-order valence-corrected chi connectivity index (χ3v) is 6.62. The van der Waals surface area contributed by atoms with Gasteiger partial charge in [0.2, 0.25) is 0 Å². The lowest BCUT2D eigenvalue weighted by Gasteiger charge is -1.90. The summed E-state index contributed by atoms with van der Waals surface area (Å²) >= 11 is 5.33. The molecule has 0 saturated heterocycles. The fourth-order valence-electron chi connectivity index (χ4n) is 1.12. The quantitative estimate of drug-likeness (QED) is 0.701. The van der Waals surface area contributed by atoms with Crippen LogP contribution in [0.2, 0.25) is 0 Å². The van der Waals surface area contributed by atoms with E-state index in [1.807, 2.05) is 0 Å². The van der Waals surface area contributed by atoms with Crippen molar-refractivity contribution in [3.05, 3.63) is 30.3 Å². The number of benzene rings is 1. The molecule has 0 spiro atoms. The Morgan fingerprint density at radius 3 is 2.62 bits per heavy atom. The Morgan fingerprint density at radius 2 is 2.00 bits per heavy atom. The summed E-state index contributed by atoms with van der Waals surface area (Å²) in [5.41, 5.74) is 0. The second-order valence-corrected chi connectivity index (χ2v) is 8.17. The summed E-state index contributed by atoms with van der Waals surface area (Å²) in [6, 6.07) is 10.8. The highest BCUT2D eigenvalue weighted by Crippen LogP contribution is 2.23. The van der Waals surface area contributed by atoms with Gasteiger partial charge in [0.15, 0.2) is 24.7 Å². The first kappa shape index (κ1) is 11.2. The maximum atomic E-state index is 5.33. The van der Waals surface area contributed by atoms with Crippen LogP contribution in [0, 0.1) is 0 Å². The molecule has 0 aliphatic rings. The van der Waals surface area contributed by atoms with Crippen molar-refractivity contribution in [1.29, 1.82) is 0 Å². The van der Waals surface area contributed by atoms with E-state index in [1.54, 1.807) is 0 Å². The maximum absolute atomic E-state index is 5.33. The van der Waals surface area contributed by atoms with E-state index in [2.05, 4.69) is 37.3 Å². The Labute approximate surface area is 88.3 Å². The first-order chi connectivity index (χ1) is 6.33. The summed E-state index contributed by atoms with van der Waals surface area (Å²) in [5, 5.41) is 1.53. The molecule has 13 heavy (non-hydrogen) atoms. The Bertz CT molecular complexity index is 259. The molecule has 2 unspecified atom stereocenters. The third-order valence-electron chi connectivity index (χ3n) is 1.91. The maximum Gasteiger partial charge on any atom is 0.178 e. The third kappa shape index (κ3) is 4.81. The van der Waals surface area contributed by atoms with Crippen LogP contribution in [0.25, 0.3) is 0 Å². The highest BCUT2D eigenvalue weighted by Gasteiger charge is 2.08. The molecule has 2 atom stereocenters. The molecule has 0 amide bonds. The molecule has 0 heterocycles. The van der Waals surface area contributed by atoms with Crippen molar-refractivity contribution >= 4 is 32.4 Å². The van der Waals surface area contributed by atoms with Gasteiger partial charge in [0.1, 0.15) is 12.3 Å². The van der Waals surface area contributed by atoms with Crippen LogP contribution in [0.1, 0.15) is 6.92 Å². The van der Waals surface area contributed by atoms with Crippen molar-refractivity contribution in [3.63, 3.8) is 0 Å². The molecule has 0 N–H and O–H groups in total. The number of rotatable bonds is 5. The van der Waals surface area contributed by atoms with E-state index in [0.717, 1.165) is 0 Å². The Kier molecular flexibility index (Phi) is 5.71. The summed E-state index contributed by atoms with van der Waals surface area (Å²) < 4.78 is 0. The lowest BCUT2D eigenvalue weighted by molar-refractivity contribution is 1.45. The van der Waals surface area contributed by atoms with Crippen molar-refractivity contribution in [2.75, 3.05) is 18.5 Å². The van der Waals surface area contributed by atoms with E-state index in [1.165, 1.54) is 23.8 Å². The zero-order chi connectivity index (χ0) is 9.52. The molecule has 0 nitrogen and oxygen atoms in total. The van der Waals surface area contributed by atoms with Gasteiger partial charge in [-0.1, -0.05) is 18.2 Å². The molecule has 0 aliphatic heterocycles. The van der Waals surface area contributed by atoms with Crippen molar-refractivity contribution in [2.24, 2.45) is 0 Å². The van der Waals surface area contributed by atoms with Crippen LogP contribution in [0.5, 0.6) is 0 Å². The van der Waals surface area contributed by atoms with Gasteiger partial charge in [0.05, 0.1) is 5.30 Å². The minimum absolute atomic E-state index is 0.0704. The summed E-state index contributed by atoms with van der Waals surface area (Å²) in [7, 11) is 0.468. The normalized spacial score (nSPS) is 12.2. The molecule has 1 rings (SSSR count). The van der Waals surface area contributed by atoms with E-state index in [-0.39, 0.29) is 6.70 Å². The molecule has 1 aromatic carbocycles. The van der Waals surface area contributed by atoms with Gasteiger partial charge in [-0.3, -0.25) is 0 Å². The van der Waals surface area contributed by atoms with E-state index < -0.39 is 0 Å². The molecule has 70 valence electrons. The van der Waals surface area contributed by atoms with Gasteiger partial charge < -0.3 is 0 Å². The summed E-state index contributed by atoms with van der Waals surface area (Å²) in [6.45, 7) is 2.13. The first-order valence-electron chi connectivity index (χ1n) is 4.63. The second-order valence-electron chi connectivity index (χ2n) is 2.93. The number of hydrogen-bond donors (Lipinski definition) is 0. The van der Waals surface area contributed by atoms with E-state index in [4.69, 9.17) is 11.8 Å². The Balaban J connectivity index is 2.24. The van der Waals surface area contributed by atoms with Gasteiger partial charge in [0.25, 0.3) is 0 Å². The Morgan fingerprint density at radius 1 is 1.31 bits per heavy atom. The molecule has 0 saturated carbocycles. The summed E-state index contributed by atoms with van der Waals surface area (Å²) in [6.07, 6.45) is 3.83. The van der Waals surface area contributed by atoms with Gasteiger partial charge in [-0.25, -0.2) is 0 Å². The minimum Gasteiger partial charge on any atom is -0.0620 e. The van der Waals surface area contributed by atoms with Crippen LogP contribution in [0.15, 0.2) is 30.3 Å². The van der Waals surface area contributed by atoms with Gasteiger partial charge in [-0.2, -0.15) is 0 Å². The summed E-state index contributed by atoms with van der Waals surface area (Å²) in [4.78, 5) is 0. The highest BCUT2D eigenvalue weighted by atomic mass is 32.4. The standard InChI is InChI=1S/C10H15P2S/c1-2-12(13)9-8-11-10-6-4-3-5-7-10/h3-7,11H,2,8-9H2,1H3/q+1/p+1. The van der Waals surface area contributed by atoms with Crippen LogP contribution in [0.3, 0.4) is 0 Å². The molecule has 0 radical (unpaired) electrons. The lowest BCUT2D eigenvalue weighted by atomic mass is 10.4. The smallest absolute Gasteiger partial charge is 0.0620 e. The van der Waals surface area contributed by atoms with Crippen molar-refractivity contribution in [1.82, 2.24) is 0 Å². The van der Waals surface area contributed by atoms with Crippen molar-refractivity contribution in [3.8, 4) is 0 Å². The zero-order valence-electron chi connectivity index (χ0n) is 7.94. The molecule has 0 aliphatic carbocycles. The number of hydrogen-bond acceptors (Lipinski definition) is 1. The highest BCUT2D eigenvalue weighted by molar-refractivity contribution is 8.05. The van der Waals surface area contributed by atoms with E-state index >= 15 is 0 Å². The molecule has 3 heteroatoms. The molecular formula is C10H16P2S+2. The van der Waals surface area contributed by atoms with Crippen LogP contribution >= 0.6 is 15.3 Å². The van der Waals surface area contributed by atoms with Crippen LogP contribution in [-0.4, -0.2) is 18.5 Å². The molecule has 0 fully saturated rings. The SMILES string of the molecule is CC[P+](=S)CC[PH2+]c1ccccc1. The summed E-state index contributed by atoms with van der Waals surface area (Å²) in [5.74, 6) is 0. The van der Waals surface area contributed by atoms with Gasteiger partial charge >= 0.3 is 0 Å². The van der Waals surface area contributed by atoms with Crippen molar-refractivity contribution < 1.29 is 0 Å². The van der Waals surface area contributed by atoms with E-state index in [9.17, 15) is 0 Å². The monoisotopic (exact) mass is 230 g/mol. The average Bonchev–Trinajstić information content (AvgIpc) is 2.19. The van der Waals surface area contributed by atoms with E-state index in [0.29, 0.717) is 8.58 Å². The fraction of sp³-hybridized carbons (Fsp3) is 0.400. The Hall–Kier alpha value is 0.170. The van der Waals surface area contributed by atoms with Crippen molar-refractivity contribution in [2.45, 2.75) is 6.92 Å². The predicted molar refractivity (Wildman–Crippen MR) is 70.3 cm³/mol. The van der Waals surface area contributed by atoms with Crippen LogP contribution < -0.4 is 5.30 Å². The zero-order valence-corrected chi connectivity index (χ0v) is 10.8. The second kappa shape index (κ2) is 6.60. The van der Waals surface area contributed by atoms with Gasteiger partial charge in [-0.15, -0.1) is 0 Å². The molecule has 1 aromatic rings. The van der Waals surface area contributed by atoms with Crippen LogP contribution in [0.4, 0.5) is 0 Å². The van der Waals surface area contributed by atoms with Gasteiger partial charge in [0, 0.05) is 8.58 Å². The molecule has 0 aromatic heterocycles. The topological polar surface area (TPSA) is 0 Å².